The summed E-state index contributed by atoms with van der Waals surface area (Å²) in [6.45, 7) is 2.03. The Bertz CT molecular complexity index is 1100. The van der Waals surface area contributed by atoms with E-state index in [1.807, 2.05) is 13.0 Å². The number of aryl methyl sites for hydroxylation is 1. The Kier molecular flexibility index (Phi) is 5.36. The summed E-state index contributed by atoms with van der Waals surface area (Å²) in [5.41, 5.74) is 4.44. The van der Waals surface area contributed by atoms with E-state index in [1.165, 1.54) is 32.5 Å². The summed E-state index contributed by atoms with van der Waals surface area (Å²) in [5.74, 6) is 1.60. The van der Waals surface area contributed by atoms with Gasteiger partial charge in [-0.15, -0.1) is 0 Å². The molecular weight excluding hydrogens is 374 g/mol. The minimum absolute atomic E-state index is 0.0984. The molecular formula is C21H19N3OS2. The van der Waals surface area contributed by atoms with Crippen molar-refractivity contribution in [3.8, 4) is 11.1 Å². The van der Waals surface area contributed by atoms with Crippen LogP contribution in [0.1, 0.15) is 23.2 Å². The van der Waals surface area contributed by atoms with Gasteiger partial charge < -0.3 is 0 Å². The molecule has 0 aliphatic rings. The smallest absolute Gasteiger partial charge is 0.267 e. The maximum atomic E-state index is 12.2. The average molecular weight is 394 g/mol. The van der Waals surface area contributed by atoms with Gasteiger partial charge in [0.2, 0.25) is 4.96 Å². The fraction of sp³-hybridized carbons (Fsp3) is 0.190. The van der Waals surface area contributed by atoms with E-state index in [-0.39, 0.29) is 5.56 Å². The minimum Gasteiger partial charge on any atom is -0.267 e. The zero-order chi connectivity index (χ0) is 18.6. The van der Waals surface area contributed by atoms with Crippen LogP contribution in [0.3, 0.4) is 0 Å². The Morgan fingerprint density at radius 1 is 1.00 bits per heavy atom. The first-order valence-electron chi connectivity index (χ1n) is 8.83. The number of hydrogen-bond donors (Lipinski definition) is 0. The number of aromatic nitrogens is 3. The highest BCUT2D eigenvalue weighted by Crippen LogP contribution is 2.22. The van der Waals surface area contributed by atoms with E-state index in [2.05, 4.69) is 58.6 Å². The highest BCUT2D eigenvalue weighted by Gasteiger charge is 2.08. The maximum absolute atomic E-state index is 12.2. The quantitative estimate of drug-likeness (QED) is 0.471. The molecule has 0 saturated heterocycles. The third-order valence-electron chi connectivity index (χ3n) is 4.22. The van der Waals surface area contributed by atoms with Gasteiger partial charge in [-0.1, -0.05) is 72.9 Å². The molecule has 4 aromatic rings. The van der Waals surface area contributed by atoms with Crippen LogP contribution in [0.5, 0.6) is 0 Å². The van der Waals surface area contributed by atoms with Gasteiger partial charge in [0.15, 0.2) is 0 Å². The van der Waals surface area contributed by atoms with Gasteiger partial charge in [-0.3, -0.25) is 4.79 Å². The normalized spacial score (nSPS) is 11.1. The van der Waals surface area contributed by atoms with Crippen molar-refractivity contribution in [1.29, 1.82) is 0 Å². The van der Waals surface area contributed by atoms with Crippen molar-refractivity contribution in [1.82, 2.24) is 14.6 Å². The molecule has 2 aromatic heterocycles. The number of nitrogens with zero attached hydrogens (tertiary/aromatic N) is 3. The second-order valence-electron chi connectivity index (χ2n) is 6.19. The third-order valence-corrected chi connectivity index (χ3v) is 6.31. The molecule has 4 nitrogen and oxygen atoms in total. The standard InChI is InChI=1S/C21H19N3OS2/c1-2-19-23-24-20(25)12-18(22-21(24)27-19)14-26-13-15-8-10-17(11-9-15)16-6-4-3-5-7-16/h3-12H,2,13-14H2,1H3. The van der Waals surface area contributed by atoms with Gasteiger partial charge in [0.05, 0.1) is 5.69 Å². The lowest BCUT2D eigenvalue weighted by molar-refractivity contribution is 0.852. The van der Waals surface area contributed by atoms with Crippen molar-refractivity contribution in [2.45, 2.75) is 24.9 Å². The van der Waals surface area contributed by atoms with Crippen LogP contribution in [-0.2, 0) is 17.9 Å². The van der Waals surface area contributed by atoms with E-state index in [4.69, 9.17) is 0 Å². The first kappa shape index (κ1) is 17.9. The molecule has 0 radical (unpaired) electrons. The van der Waals surface area contributed by atoms with Crippen molar-refractivity contribution < 1.29 is 0 Å². The van der Waals surface area contributed by atoms with Crippen molar-refractivity contribution in [2.75, 3.05) is 0 Å². The highest BCUT2D eigenvalue weighted by molar-refractivity contribution is 7.97. The molecule has 136 valence electrons. The van der Waals surface area contributed by atoms with Crippen LogP contribution in [0.25, 0.3) is 16.1 Å². The molecule has 6 heteroatoms. The Balaban J connectivity index is 1.41. The summed E-state index contributed by atoms with van der Waals surface area (Å²) in [4.78, 5) is 17.5. The molecule has 0 spiro atoms. The first-order chi connectivity index (χ1) is 13.2. The van der Waals surface area contributed by atoms with Crippen LogP contribution in [0.15, 0.2) is 65.5 Å². The maximum Gasteiger partial charge on any atom is 0.275 e. The molecule has 2 aromatic carbocycles. The summed E-state index contributed by atoms with van der Waals surface area (Å²) >= 11 is 3.25. The van der Waals surface area contributed by atoms with Crippen LogP contribution in [0.4, 0.5) is 0 Å². The van der Waals surface area contributed by atoms with Crippen LogP contribution in [-0.4, -0.2) is 14.6 Å². The second kappa shape index (κ2) is 8.06. The molecule has 0 bridgehead atoms. The van der Waals surface area contributed by atoms with E-state index >= 15 is 0 Å². The van der Waals surface area contributed by atoms with Crippen molar-refractivity contribution in [3.63, 3.8) is 0 Å². The number of benzene rings is 2. The van der Waals surface area contributed by atoms with Crippen molar-refractivity contribution in [2.24, 2.45) is 0 Å². The van der Waals surface area contributed by atoms with Crippen LogP contribution in [0.2, 0.25) is 0 Å². The van der Waals surface area contributed by atoms with Gasteiger partial charge in [-0.05, 0) is 23.1 Å². The van der Waals surface area contributed by atoms with E-state index in [9.17, 15) is 4.79 Å². The SMILES string of the molecule is CCc1nn2c(=O)cc(CSCc3ccc(-c4ccccc4)cc3)nc2s1. The minimum atomic E-state index is -0.0984. The predicted octanol–water partition coefficient (Wildman–Crippen LogP) is 4.81. The molecule has 0 aliphatic heterocycles. The molecule has 4 rings (SSSR count). The summed E-state index contributed by atoms with van der Waals surface area (Å²) in [7, 11) is 0. The van der Waals surface area contributed by atoms with Gasteiger partial charge in [0, 0.05) is 17.6 Å². The average Bonchev–Trinajstić information content (AvgIpc) is 3.13. The molecule has 0 unspecified atom stereocenters. The molecule has 0 N–H and O–H groups in total. The number of thioether (sulfide) groups is 1. The fourth-order valence-corrected chi connectivity index (χ4v) is 4.56. The first-order valence-corrected chi connectivity index (χ1v) is 10.8. The van der Waals surface area contributed by atoms with Crippen LogP contribution >= 0.6 is 23.1 Å². The third kappa shape index (κ3) is 4.12. The van der Waals surface area contributed by atoms with Gasteiger partial charge in [-0.2, -0.15) is 21.4 Å². The summed E-state index contributed by atoms with van der Waals surface area (Å²) in [6.07, 6.45) is 0.816. The Labute approximate surface area is 165 Å². The lowest BCUT2D eigenvalue weighted by atomic mass is 10.0. The lowest BCUT2D eigenvalue weighted by Crippen LogP contribution is -2.15. The predicted molar refractivity (Wildman–Crippen MR) is 113 cm³/mol. The van der Waals surface area contributed by atoms with E-state index < -0.39 is 0 Å². The van der Waals surface area contributed by atoms with Crippen LogP contribution < -0.4 is 5.56 Å². The van der Waals surface area contributed by atoms with Gasteiger partial charge in [-0.25, -0.2) is 4.98 Å². The zero-order valence-corrected chi connectivity index (χ0v) is 16.6. The highest BCUT2D eigenvalue weighted by atomic mass is 32.2. The van der Waals surface area contributed by atoms with E-state index in [0.29, 0.717) is 10.7 Å². The molecule has 27 heavy (non-hydrogen) atoms. The Hall–Kier alpha value is -2.44. The van der Waals surface area contributed by atoms with E-state index in [0.717, 1.165) is 22.9 Å². The summed E-state index contributed by atoms with van der Waals surface area (Å²) in [5, 5.41) is 5.22. The number of rotatable bonds is 6. The number of hydrogen-bond acceptors (Lipinski definition) is 5. The van der Waals surface area contributed by atoms with Gasteiger partial charge in [0.25, 0.3) is 5.56 Å². The Morgan fingerprint density at radius 2 is 1.74 bits per heavy atom. The van der Waals surface area contributed by atoms with E-state index in [1.54, 1.807) is 17.8 Å². The monoisotopic (exact) mass is 393 g/mol. The van der Waals surface area contributed by atoms with Gasteiger partial charge >= 0.3 is 0 Å². The van der Waals surface area contributed by atoms with Crippen molar-refractivity contribution >= 4 is 28.1 Å². The molecule has 0 amide bonds. The van der Waals surface area contributed by atoms with Gasteiger partial charge in [0.1, 0.15) is 5.01 Å². The topological polar surface area (TPSA) is 47.3 Å². The Morgan fingerprint density at radius 3 is 2.48 bits per heavy atom. The fourth-order valence-electron chi connectivity index (χ4n) is 2.81. The second-order valence-corrected chi connectivity index (χ2v) is 8.21. The molecule has 2 heterocycles. The molecule has 0 atom stereocenters. The summed E-state index contributed by atoms with van der Waals surface area (Å²) in [6, 6.07) is 20.6. The zero-order valence-electron chi connectivity index (χ0n) is 15.0. The van der Waals surface area contributed by atoms with Crippen molar-refractivity contribution in [3.05, 3.63) is 87.3 Å². The number of fused-ring (bicyclic) bond motifs is 1. The molecule has 0 saturated carbocycles. The summed E-state index contributed by atoms with van der Waals surface area (Å²) < 4.78 is 1.40. The lowest BCUT2D eigenvalue weighted by Gasteiger charge is -2.05. The van der Waals surface area contributed by atoms with Crippen LogP contribution in [0, 0.1) is 0 Å². The molecule has 0 fully saturated rings. The molecule has 0 aliphatic carbocycles. The largest absolute Gasteiger partial charge is 0.275 e.